The zero-order chi connectivity index (χ0) is 13.1. The smallest absolute Gasteiger partial charge is 0.336 e. The van der Waals surface area contributed by atoms with Gasteiger partial charge in [-0.25, -0.2) is 4.79 Å². The third kappa shape index (κ3) is 2.94. The summed E-state index contributed by atoms with van der Waals surface area (Å²) in [7, 11) is 1.27. The van der Waals surface area contributed by atoms with Crippen molar-refractivity contribution >= 4 is 11.9 Å². The largest absolute Gasteiger partial charge is 0.467 e. The molecule has 1 aliphatic heterocycles. The molecular weight excluding hydrogens is 224 g/mol. The fourth-order valence-electron chi connectivity index (χ4n) is 1.55. The minimum atomic E-state index is -1.09. The highest BCUT2D eigenvalue weighted by molar-refractivity contribution is 5.85. The van der Waals surface area contributed by atoms with Gasteiger partial charge < -0.3 is 14.4 Å². The molecule has 0 aromatic rings. The number of carbonyl (C=O) groups excluding carboxylic acids is 2. The Morgan fingerprint density at radius 2 is 2.18 bits per heavy atom. The van der Waals surface area contributed by atoms with E-state index in [1.54, 1.807) is 13.8 Å². The van der Waals surface area contributed by atoms with Crippen molar-refractivity contribution in [2.24, 2.45) is 5.41 Å². The van der Waals surface area contributed by atoms with E-state index in [-0.39, 0.29) is 19.1 Å². The van der Waals surface area contributed by atoms with Crippen LogP contribution in [0, 0.1) is 16.7 Å². The summed E-state index contributed by atoms with van der Waals surface area (Å²) >= 11 is 0. The molecule has 0 N–H and O–H groups in total. The lowest BCUT2D eigenvalue weighted by molar-refractivity contribution is -0.164. The second kappa shape index (κ2) is 5.15. The number of rotatable bonds is 2. The van der Waals surface area contributed by atoms with Crippen molar-refractivity contribution in [1.82, 2.24) is 4.90 Å². The van der Waals surface area contributed by atoms with Crippen LogP contribution < -0.4 is 0 Å². The predicted molar refractivity (Wildman–Crippen MR) is 57.7 cm³/mol. The van der Waals surface area contributed by atoms with Crippen LogP contribution in [-0.2, 0) is 19.1 Å². The Morgan fingerprint density at radius 3 is 2.71 bits per heavy atom. The summed E-state index contributed by atoms with van der Waals surface area (Å²) in [6, 6.07) is 1.95. The predicted octanol–water partition coefficient (Wildman–Crippen LogP) is -0.0634. The second-order valence-electron chi connectivity index (χ2n) is 4.37. The number of nitrogens with zero attached hydrogens (tertiary/aromatic N) is 2. The van der Waals surface area contributed by atoms with Crippen molar-refractivity contribution in [3.63, 3.8) is 0 Å². The summed E-state index contributed by atoms with van der Waals surface area (Å²) in [6.07, 6.45) is -0.757. The molecule has 1 saturated heterocycles. The van der Waals surface area contributed by atoms with E-state index in [0.717, 1.165) is 0 Å². The average Bonchev–Trinajstić information content (AvgIpc) is 2.36. The van der Waals surface area contributed by atoms with E-state index in [1.165, 1.54) is 12.0 Å². The van der Waals surface area contributed by atoms with Crippen molar-refractivity contribution in [1.29, 1.82) is 5.26 Å². The summed E-state index contributed by atoms with van der Waals surface area (Å²) in [4.78, 5) is 24.8. The van der Waals surface area contributed by atoms with Gasteiger partial charge in [-0.1, -0.05) is 0 Å². The van der Waals surface area contributed by atoms with Crippen LogP contribution in [0.25, 0.3) is 0 Å². The molecule has 0 saturated carbocycles. The monoisotopic (exact) mass is 240 g/mol. The lowest BCUT2D eigenvalue weighted by Gasteiger charge is -2.34. The van der Waals surface area contributed by atoms with E-state index in [2.05, 4.69) is 4.74 Å². The second-order valence-corrected chi connectivity index (χ2v) is 4.37. The fourth-order valence-corrected chi connectivity index (χ4v) is 1.55. The van der Waals surface area contributed by atoms with Crippen molar-refractivity contribution in [3.8, 4) is 6.07 Å². The molecule has 1 amide bonds. The van der Waals surface area contributed by atoms with E-state index in [4.69, 9.17) is 10.00 Å². The van der Waals surface area contributed by atoms with Gasteiger partial charge in [0.05, 0.1) is 26.3 Å². The number of morpholine rings is 1. The molecule has 0 spiro atoms. The Bertz CT molecular complexity index is 359. The molecule has 1 heterocycles. The van der Waals surface area contributed by atoms with Crippen molar-refractivity contribution < 1.29 is 19.1 Å². The minimum Gasteiger partial charge on any atom is -0.467 e. The van der Waals surface area contributed by atoms with Gasteiger partial charge >= 0.3 is 5.97 Å². The van der Waals surface area contributed by atoms with Gasteiger partial charge in [0, 0.05) is 6.54 Å². The third-order valence-corrected chi connectivity index (χ3v) is 2.63. The highest BCUT2D eigenvalue weighted by Crippen LogP contribution is 2.19. The number of hydrogen-bond acceptors (Lipinski definition) is 5. The van der Waals surface area contributed by atoms with Crippen LogP contribution in [0.2, 0.25) is 0 Å². The first-order valence-corrected chi connectivity index (χ1v) is 5.32. The molecular formula is C11H16N2O4. The SMILES string of the molecule is COC(=O)C1CN(C(=O)C(C)(C)C#N)CCO1. The van der Waals surface area contributed by atoms with Gasteiger partial charge in [0.15, 0.2) is 6.10 Å². The lowest BCUT2D eigenvalue weighted by atomic mass is 9.93. The lowest BCUT2D eigenvalue weighted by Crippen LogP contribution is -2.52. The van der Waals surface area contributed by atoms with Gasteiger partial charge in [-0.05, 0) is 13.8 Å². The van der Waals surface area contributed by atoms with Gasteiger partial charge in [-0.2, -0.15) is 5.26 Å². The number of ether oxygens (including phenoxy) is 2. The van der Waals surface area contributed by atoms with Crippen LogP contribution in [0.3, 0.4) is 0 Å². The number of esters is 1. The molecule has 1 aliphatic rings. The molecule has 6 heteroatoms. The maximum Gasteiger partial charge on any atom is 0.336 e. The molecule has 17 heavy (non-hydrogen) atoms. The molecule has 94 valence electrons. The summed E-state index contributed by atoms with van der Waals surface area (Å²) in [5.41, 5.74) is -1.09. The van der Waals surface area contributed by atoms with Crippen LogP contribution in [0.15, 0.2) is 0 Å². The zero-order valence-electron chi connectivity index (χ0n) is 10.2. The molecule has 0 aromatic heterocycles. The molecule has 1 fully saturated rings. The Morgan fingerprint density at radius 1 is 1.53 bits per heavy atom. The molecule has 1 unspecified atom stereocenters. The topological polar surface area (TPSA) is 79.6 Å². The highest BCUT2D eigenvalue weighted by atomic mass is 16.6. The standard InChI is InChI=1S/C11H16N2O4/c1-11(2,7-12)10(15)13-4-5-17-8(6-13)9(14)16-3/h8H,4-6H2,1-3H3. The Balaban J connectivity index is 2.71. The van der Waals surface area contributed by atoms with E-state index in [1.807, 2.05) is 6.07 Å². The molecule has 1 atom stereocenters. The van der Waals surface area contributed by atoms with Crippen molar-refractivity contribution in [2.75, 3.05) is 26.8 Å². The summed E-state index contributed by atoms with van der Waals surface area (Å²) in [5, 5.41) is 8.90. The summed E-state index contributed by atoms with van der Waals surface area (Å²) in [6.45, 7) is 3.90. The Hall–Kier alpha value is -1.61. The first kappa shape index (κ1) is 13.5. The van der Waals surface area contributed by atoms with Gasteiger partial charge in [0.1, 0.15) is 5.41 Å². The summed E-state index contributed by atoms with van der Waals surface area (Å²) in [5.74, 6) is -0.797. The summed E-state index contributed by atoms with van der Waals surface area (Å²) < 4.78 is 9.77. The zero-order valence-corrected chi connectivity index (χ0v) is 10.2. The maximum absolute atomic E-state index is 12.0. The van der Waals surface area contributed by atoms with Crippen LogP contribution >= 0.6 is 0 Å². The number of amides is 1. The van der Waals surface area contributed by atoms with Crippen molar-refractivity contribution in [3.05, 3.63) is 0 Å². The highest BCUT2D eigenvalue weighted by Gasteiger charge is 2.37. The first-order valence-electron chi connectivity index (χ1n) is 5.32. The number of nitriles is 1. The molecule has 0 aliphatic carbocycles. The molecule has 0 aromatic carbocycles. The van der Waals surface area contributed by atoms with E-state index < -0.39 is 17.5 Å². The molecule has 0 bridgehead atoms. The van der Waals surface area contributed by atoms with E-state index in [0.29, 0.717) is 6.54 Å². The fraction of sp³-hybridized carbons (Fsp3) is 0.727. The number of methoxy groups -OCH3 is 1. The van der Waals surface area contributed by atoms with Crippen LogP contribution in [0.1, 0.15) is 13.8 Å². The quantitative estimate of drug-likeness (QED) is 0.631. The van der Waals surface area contributed by atoms with E-state index in [9.17, 15) is 9.59 Å². The maximum atomic E-state index is 12.0. The molecule has 0 radical (unpaired) electrons. The third-order valence-electron chi connectivity index (χ3n) is 2.63. The van der Waals surface area contributed by atoms with Crippen LogP contribution in [0.5, 0.6) is 0 Å². The Kier molecular flexibility index (Phi) is 4.07. The van der Waals surface area contributed by atoms with Crippen molar-refractivity contribution in [2.45, 2.75) is 20.0 Å². The normalized spacial score (nSPS) is 20.6. The van der Waals surface area contributed by atoms with Crippen LogP contribution in [0.4, 0.5) is 0 Å². The van der Waals surface area contributed by atoms with Gasteiger partial charge in [-0.3, -0.25) is 4.79 Å². The number of carbonyl (C=O) groups is 2. The average molecular weight is 240 g/mol. The Labute approximate surface area is 100 Å². The first-order chi connectivity index (χ1) is 7.92. The molecule has 1 rings (SSSR count). The van der Waals surface area contributed by atoms with Gasteiger partial charge in [0.25, 0.3) is 0 Å². The minimum absolute atomic E-state index is 0.136. The van der Waals surface area contributed by atoms with Gasteiger partial charge in [-0.15, -0.1) is 0 Å². The molecule has 6 nitrogen and oxygen atoms in total. The van der Waals surface area contributed by atoms with Gasteiger partial charge in [0.2, 0.25) is 5.91 Å². The van der Waals surface area contributed by atoms with E-state index >= 15 is 0 Å². The number of hydrogen-bond donors (Lipinski definition) is 0. The van der Waals surface area contributed by atoms with Crippen LogP contribution in [-0.4, -0.2) is 49.7 Å².